The number of carbonyl (C=O) groups is 2. The first-order valence-electron chi connectivity index (χ1n) is 11.2. The molecule has 1 fully saturated rings. The summed E-state index contributed by atoms with van der Waals surface area (Å²) in [6, 6.07) is 9.38. The second-order valence-corrected chi connectivity index (χ2v) is 7.33. The Hall–Kier alpha value is -3.02. The van der Waals surface area contributed by atoms with Crippen LogP contribution in [0.2, 0.25) is 0 Å². The number of benzene rings is 2. The molecule has 0 saturated heterocycles. The summed E-state index contributed by atoms with van der Waals surface area (Å²) in [4.78, 5) is 23.3. The van der Waals surface area contributed by atoms with Crippen LogP contribution in [0.1, 0.15) is 87.4 Å². The third kappa shape index (κ3) is 9.16. The van der Waals surface area contributed by atoms with Crippen molar-refractivity contribution in [2.24, 2.45) is 5.92 Å². The van der Waals surface area contributed by atoms with Crippen molar-refractivity contribution in [1.29, 1.82) is 0 Å². The number of phenolic OH excluding ortho intramolecular Hbond substituents is 2. The first kappa shape index (κ1) is 30.0. The Morgan fingerprint density at radius 3 is 1.67 bits per heavy atom. The van der Waals surface area contributed by atoms with Gasteiger partial charge in [-0.15, -0.1) is 0 Å². The van der Waals surface area contributed by atoms with Gasteiger partial charge in [0, 0.05) is 24.0 Å². The van der Waals surface area contributed by atoms with Gasteiger partial charge in [0.15, 0.2) is 34.6 Å². The zero-order valence-electron chi connectivity index (χ0n) is 19.8. The molecular formula is C27H40O6. The Bertz CT molecular complexity index is 869. The molecule has 0 unspecified atom stereocenters. The van der Waals surface area contributed by atoms with Gasteiger partial charge in [0.2, 0.25) is 0 Å². The summed E-state index contributed by atoms with van der Waals surface area (Å²) in [6.07, 6.45) is 5.90. The summed E-state index contributed by atoms with van der Waals surface area (Å²) in [5, 5.41) is 18.7. The maximum absolute atomic E-state index is 12.0. The molecule has 0 bridgehead atoms. The number of ketones is 2. The SMILES string of the molecule is C.CC.CCC(=O)c1ccc(O)c(OC)c1.COc1cc(C(=O)CC2CCCC2)ccc1O. The van der Waals surface area contributed by atoms with Gasteiger partial charge in [-0.05, 0) is 42.3 Å². The highest BCUT2D eigenvalue weighted by atomic mass is 16.5. The molecule has 0 heterocycles. The van der Waals surface area contributed by atoms with Crippen LogP contribution in [-0.4, -0.2) is 36.0 Å². The van der Waals surface area contributed by atoms with Crippen LogP contribution in [0.3, 0.4) is 0 Å². The Kier molecular flexibility index (Phi) is 14.3. The zero-order chi connectivity index (χ0) is 24.1. The predicted octanol–water partition coefficient (Wildman–Crippen LogP) is 6.82. The second kappa shape index (κ2) is 15.7. The normalized spacial score (nSPS) is 12.3. The minimum absolute atomic E-state index is 0. The van der Waals surface area contributed by atoms with E-state index in [1.165, 1.54) is 52.0 Å². The second-order valence-electron chi connectivity index (χ2n) is 7.33. The molecule has 6 nitrogen and oxygen atoms in total. The molecular weight excluding hydrogens is 420 g/mol. The van der Waals surface area contributed by atoms with E-state index in [4.69, 9.17) is 9.47 Å². The van der Waals surface area contributed by atoms with Crippen molar-refractivity contribution in [3.05, 3.63) is 47.5 Å². The van der Waals surface area contributed by atoms with Crippen LogP contribution in [0.4, 0.5) is 0 Å². The molecule has 3 rings (SSSR count). The van der Waals surface area contributed by atoms with Crippen molar-refractivity contribution in [3.8, 4) is 23.0 Å². The van der Waals surface area contributed by atoms with E-state index >= 15 is 0 Å². The molecule has 2 aromatic rings. The fourth-order valence-corrected chi connectivity index (χ4v) is 3.50. The topological polar surface area (TPSA) is 93.1 Å². The van der Waals surface area contributed by atoms with Gasteiger partial charge in [0.1, 0.15) is 0 Å². The van der Waals surface area contributed by atoms with Gasteiger partial charge in [-0.3, -0.25) is 9.59 Å². The molecule has 0 atom stereocenters. The quantitative estimate of drug-likeness (QED) is 0.440. The Morgan fingerprint density at radius 1 is 0.848 bits per heavy atom. The van der Waals surface area contributed by atoms with Gasteiger partial charge in [0.25, 0.3) is 0 Å². The Morgan fingerprint density at radius 2 is 1.27 bits per heavy atom. The molecule has 0 amide bonds. The number of ether oxygens (including phenoxy) is 2. The molecule has 1 saturated carbocycles. The minimum Gasteiger partial charge on any atom is -0.504 e. The molecule has 2 N–H and O–H groups in total. The van der Waals surface area contributed by atoms with Gasteiger partial charge in [-0.25, -0.2) is 0 Å². The fraction of sp³-hybridized carbons (Fsp3) is 0.481. The smallest absolute Gasteiger partial charge is 0.163 e. The van der Waals surface area contributed by atoms with Crippen LogP contribution in [0.15, 0.2) is 36.4 Å². The van der Waals surface area contributed by atoms with Crippen LogP contribution in [0.25, 0.3) is 0 Å². The maximum Gasteiger partial charge on any atom is 0.163 e. The highest BCUT2D eigenvalue weighted by molar-refractivity contribution is 5.97. The summed E-state index contributed by atoms with van der Waals surface area (Å²) in [5.41, 5.74) is 1.20. The first-order valence-corrected chi connectivity index (χ1v) is 11.2. The summed E-state index contributed by atoms with van der Waals surface area (Å²) in [6.45, 7) is 5.79. The lowest BCUT2D eigenvalue weighted by atomic mass is 9.97. The van der Waals surface area contributed by atoms with Crippen molar-refractivity contribution in [2.75, 3.05) is 14.2 Å². The standard InChI is InChI=1S/C14H18O3.C10H12O3.C2H6.CH4/c1-17-14-9-11(6-7-12(14)15)13(16)8-10-4-2-3-5-10;1-3-8(11)7-4-5-9(12)10(6-7)13-2;1-2;/h6-7,9-10,15H,2-5,8H2,1H3;4-6,12H,3H2,1-2H3;1-2H3;1H4. The van der Waals surface area contributed by atoms with Crippen molar-refractivity contribution in [1.82, 2.24) is 0 Å². The number of phenols is 2. The lowest BCUT2D eigenvalue weighted by Crippen LogP contribution is -2.06. The molecule has 1 aliphatic rings. The number of carbonyl (C=O) groups excluding carboxylic acids is 2. The van der Waals surface area contributed by atoms with Crippen molar-refractivity contribution >= 4 is 11.6 Å². The van der Waals surface area contributed by atoms with Gasteiger partial charge in [-0.1, -0.05) is 53.9 Å². The largest absolute Gasteiger partial charge is 0.504 e. The first-order chi connectivity index (χ1) is 15.4. The third-order valence-electron chi connectivity index (χ3n) is 5.27. The molecule has 6 heteroatoms. The van der Waals surface area contributed by atoms with E-state index < -0.39 is 0 Å². The van der Waals surface area contributed by atoms with Crippen LogP contribution >= 0.6 is 0 Å². The predicted molar refractivity (Wildman–Crippen MR) is 133 cm³/mol. The molecule has 0 radical (unpaired) electrons. The van der Waals surface area contributed by atoms with E-state index in [-0.39, 0.29) is 30.5 Å². The fourth-order valence-electron chi connectivity index (χ4n) is 3.50. The number of hydrogen-bond acceptors (Lipinski definition) is 6. The molecule has 33 heavy (non-hydrogen) atoms. The molecule has 184 valence electrons. The maximum atomic E-state index is 12.0. The highest BCUT2D eigenvalue weighted by Crippen LogP contribution is 2.31. The van der Waals surface area contributed by atoms with E-state index in [2.05, 4.69) is 0 Å². The van der Waals surface area contributed by atoms with Gasteiger partial charge in [0.05, 0.1) is 14.2 Å². The average Bonchev–Trinajstić information content (AvgIpc) is 3.34. The Labute approximate surface area is 198 Å². The zero-order valence-corrected chi connectivity index (χ0v) is 19.8. The monoisotopic (exact) mass is 460 g/mol. The van der Waals surface area contributed by atoms with Crippen LogP contribution in [-0.2, 0) is 0 Å². The molecule has 0 spiro atoms. The van der Waals surface area contributed by atoms with E-state index in [1.54, 1.807) is 31.2 Å². The molecule has 2 aromatic carbocycles. The van der Waals surface area contributed by atoms with E-state index in [0.29, 0.717) is 41.4 Å². The van der Waals surface area contributed by atoms with Crippen molar-refractivity contribution < 1.29 is 29.3 Å². The van der Waals surface area contributed by atoms with Crippen molar-refractivity contribution in [3.63, 3.8) is 0 Å². The van der Waals surface area contributed by atoms with Crippen molar-refractivity contribution in [2.45, 2.75) is 66.7 Å². The average molecular weight is 461 g/mol. The molecule has 0 aliphatic heterocycles. The number of rotatable bonds is 7. The number of Topliss-reactive ketones (excluding diaryl/α,β-unsaturated/α-hetero) is 2. The number of hydrogen-bond donors (Lipinski definition) is 2. The van der Waals surface area contributed by atoms with Gasteiger partial charge < -0.3 is 19.7 Å². The van der Waals surface area contributed by atoms with Crippen LogP contribution < -0.4 is 9.47 Å². The summed E-state index contributed by atoms with van der Waals surface area (Å²) in [5.74, 6) is 1.55. The van der Waals surface area contributed by atoms with E-state index in [1.807, 2.05) is 13.8 Å². The highest BCUT2D eigenvalue weighted by Gasteiger charge is 2.20. The molecule has 0 aromatic heterocycles. The number of aromatic hydroxyl groups is 2. The molecule has 1 aliphatic carbocycles. The summed E-state index contributed by atoms with van der Waals surface area (Å²) >= 11 is 0. The van der Waals surface area contributed by atoms with Crippen LogP contribution in [0.5, 0.6) is 23.0 Å². The van der Waals surface area contributed by atoms with E-state index in [0.717, 1.165) is 0 Å². The number of methoxy groups -OCH3 is 2. The van der Waals surface area contributed by atoms with E-state index in [9.17, 15) is 19.8 Å². The third-order valence-corrected chi connectivity index (χ3v) is 5.27. The van der Waals surface area contributed by atoms with Gasteiger partial charge >= 0.3 is 0 Å². The lowest BCUT2D eigenvalue weighted by Gasteiger charge is -2.09. The Balaban J connectivity index is 0.000000578. The lowest BCUT2D eigenvalue weighted by molar-refractivity contribution is 0.0959. The summed E-state index contributed by atoms with van der Waals surface area (Å²) in [7, 11) is 2.94. The summed E-state index contributed by atoms with van der Waals surface area (Å²) < 4.78 is 9.88. The minimum atomic E-state index is 0. The van der Waals surface area contributed by atoms with Gasteiger partial charge in [-0.2, -0.15) is 0 Å². The van der Waals surface area contributed by atoms with Crippen LogP contribution in [0, 0.1) is 5.92 Å².